The Kier molecular flexibility index (Phi) is 4.91. The molecule has 0 spiro atoms. The fourth-order valence-electron chi connectivity index (χ4n) is 2.12. The molecule has 1 fully saturated rings. The van der Waals surface area contributed by atoms with Gasteiger partial charge in [0.15, 0.2) is 18.1 Å². The minimum absolute atomic E-state index is 0.178. The highest BCUT2D eigenvalue weighted by molar-refractivity contribution is 6.62. The minimum atomic E-state index is -0.483. The lowest BCUT2D eigenvalue weighted by Crippen LogP contribution is -2.41. The Balaban J connectivity index is 2.18. The van der Waals surface area contributed by atoms with Crippen molar-refractivity contribution in [3.63, 3.8) is 0 Å². The van der Waals surface area contributed by atoms with Gasteiger partial charge in [0.05, 0.1) is 25.4 Å². The number of ether oxygens (including phenoxy) is 3. The van der Waals surface area contributed by atoms with E-state index < -0.39 is 24.3 Å². The Labute approximate surface area is 137 Å². The van der Waals surface area contributed by atoms with E-state index in [1.165, 1.54) is 14.2 Å². The van der Waals surface area contributed by atoms with E-state index in [9.17, 15) is 4.79 Å². The number of methoxy groups -OCH3 is 2. The molecule has 0 aromatic heterocycles. The maximum atomic E-state index is 11.2. The summed E-state index contributed by atoms with van der Waals surface area (Å²) in [6.45, 7) is 7.81. The lowest BCUT2D eigenvalue weighted by Gasteiger charge is -2.32. The van der Waals surface area contributed by atoms with Crippen LogP contribution in [-0.2, 0) is 18.8 Å². The average Bonchev–Trinajstić information content (AvgIpc) is 2.72. The lowest BCUT2D eigenvalue weighted by atomic mass is 9.79. The highest BCUT2D eigenvalue weighted by Crippen LogP contribution is 2.37. The van der Waals surface area contributed by atoms with Crippen molar-refractivity contribution in [2.75, 3.05) is 20.8 Å². The van der Waals surface area contributed by atoms with Crippen molar-refractivity contribution in [2.24, 2.45) is 0 Å². The van der Waals surface area contributed by atoms with Crippen molar-refractivity contribution in [1.29, 1.82) is 0 Å². The van der Waals surface area contributed by atoms with Gasteiger partial charge in [0.25, 0.3) is 0 Å². The summed E-state index contributed by atoms with van der Waals surface area (Å²) in [6.07, 6.45) is 0. The van der Waals surface area contributed by atoms with Crippen LogP contribution < -0.4 is 14.9 Å². The average molecular weight is 322 g/mol. The first-order valence-electron chi connectivity index (χ1n) is 7.43. The molecule has 1 aromatic rings. The van der Waals surface area contributed by atoms with Gasteiger partial charge in [-0.1, -0.05) is 6.07 Å². The molecule has 2 rings (SSSR count). The molecule has 0 atom stereocenters. The van der Waals surface area contributed by atoms with Crippen molar-refractivity contribution in [2.45, 2.75) is 38.9 Å². The highest BCUT2D eigenvalue weighted by atomic mass is 16.7. The number of hydrogen-bond donors (Lipinski definition) is 0. The van der Waals surface area contributed by atoms with E-state index >= 15 is 0 Å². The molecule has 7 heteroatoms. The molecule has 0 bridgehead atoms. The number of rotatable bonds is 5. The fourth-order valence-corrected chi connectivity index (χ4v) is 2.12. The Bertz CT molecular complexity index is 568. The molecule has 0 radical (unpaired) electrons. The van der Waals surface area contributed by atoms with E-state index in [1.54, 1.807) is 12.1 Å². The quantitative estimate of drug-likeness (QED) is 0.605. The molecule has 0 saturated carbocycles. The first-order chi connectivity index (χ1) is 10.7. The van der Waals surface area contributed by atoms with E-state index in [-0.39, 0.29) is 6.61 Å². The summed E-state index contributed by atoms with van der Waals surface area (Å²) < 4.78 is 27.3. The van der Waals surface area contributed by atoms with E-state index in [0.29, 0.717) is 11.5 Å². The Morgan fingerprint density at radius 2 is 1.70 bits per heavy atom. The normalized spacial score (nSPS) is 18.6. The monoisotopic (exact) mass is 322 g/mol. The summed E-state index contributed by atoms with van der Waals surface area (Å²) in [4.78, 5) is 11.2. The zero-order valence-corrected chi connectivity index (χ0v) is 14.5. The van der Waals surface area contributed by atoms with Gasteiger partial charge in [0.2, 0.25) is 0 Å². The van der Waals surface area contributed by atoms with Crippen LogP contribution in [-0.4, -0.2) is 45.1 Å². The summed E-state index contributed by atoms with van der Waals surface area (Å²) in [5.74, 6) is 0.501. The predicted octanol–water partition coefficient (Wildman–Crippen LogP) is 1.55. The molecule has 1 aliphatic rings. The minimum Gasteiger partial charge on any atom is -0.493 e. The van der Waals surface area contributed by atoms with Crippen LogP contribution in [0.3, 0.4) is 0 Å². The predicted molar refractivity (Wildman–Crippen MR) is 86.2 cm³/mol. The molecular formula is C16H23BO6. The van der Waals surface area contributed by atoms with Gasteiger partial charge in [-0.05, 0) is 45.3 Å². The molecule has 0 N–H and O–H groups in total. The topological polar surface area (TPSA) is 63.2 Å². The van der Waals surface area contributed by atoms with Crippen molar-refractivity contribution in [1.82, 2.24) is 0 Å². The summed E-state index contributed by atoms with van der Waals surface area (Å²) >= 11 is 0. The van der Waals surface area contributed by atoms with E-state index in [4.69, 9.17) is 18.8 Å². The highest BCUT2D eigenvalue weighted by Gasteiger charge is 2.51. The maximum absolute atomic E-state index is 11.2. The van der Waals surface area contributed by atoms with Crippen LogP contribution in [0.25, 0.3) is 0 Å². The summed E-state index contributed by atoms with van der Waals surface area (Å²) in [6, 6.07) is 5.34. The van der Waals surface area contributed by atoms with Crippen molar-refractivity contribution in [3.8, 4) is 11.5 Å². The Morgan fingerprint density at radius 3 is 2.22 bits per heavy atom. The van der Waals surface area contributed by atoms with Crippen LogP contribution in [0.15, 0.2) is 18.2 Å². The van der Waals surface area contributed by atoms with Gasteiger partial charge in [-0.2, -0.15) is 0 Å². The molecule has 0 amide bonds. The second-order valence-electron chi connectivity index (χ2n) is 6.36. The molecule has 0 unspecified atom stereocenters. The van der Waals surface area contributed by atoms with Gasteiger partial charge in [-0.3, -0.25) is 0 Å². The maximum Gasteiger partial charge on any atom is 0.494 e. The Hall–Kier alpha value is -1.73. The first-order valence-corrected chi connectivity index (χ1v) is 7.43. The van der Waals surface area contributed by atoms with Crippen LogP contribution in [0.5, 0.6) is 11.5 Å². The van der Waals surface area contributed by atoms with E-state index in [1.807, 2.05) is 33.8 Å². The summed E-state index contributed by atoms with van der Waals surface area (Å²) in [7, 11) is 2.36. The van der Waals surface area contributed by atoms with Crippen molar-refractivity contribution >= 4 is 18.6 Å². The number of carbonyl (C=O) groups is 1. The third kappa shape index (κ3) is 3.62. The van der Waals surface area contributed by atoms with Gasteiger partial charge >= 0.3 is 13.1 Å². The molecule has 6 nitrogen and oxygen atoms in total. The largest absolute Gasteiger partial charge is 0.494 e. The number of benzene rings is 1. The SMILES string of the molecule is COC(=O)COc1ccc(B2OC(C)(C)C(C)(C)O2)cc1OC. The van der Waals surface area contributed by atoms with Crippen LogP contribution in [0, 0.1) is 0 Å². The standard InChI is InChI=1S/C16H23BO6/c1-15(2)16(3,4)23-17(22-15)11-7-8-12(13(9-11)19-5)21-10-14(18)20-6/h7-9H,10H2,1-6H3. The summed E-state index contributed by atoms with van der Waals surface area (Å²) in [5.41, 5.74) is 0.00143. The smallest absolute Gasteiger partial charge is 0.493 e. The van der Waals surface area contributed by atoms with Gasteiger partial charge in [0, 0.05) is 0 Å². The van der Waals surface area contributed by atoms with Gasteiger partial charge in [-0.25, -0.2) is 4.79 Å². The fraction of sp³-hybridized carbons (Fsp3) is 0.562. The van der Waals surface area contributed by atoms with Gasteiger partial charge in [0.1, 0.15) is 0 Å². The third-order valence-electron chi connectivity index (χ3n) is 4.29. The van der Waals surface area contributed by atoms with Crippen LogP contribution in [0.2, 0.25) is 0 Å². The second kappa shape index (κ2) is 6.41. The van der Waals surface area contributed by atoms with E-state index in [0.717, 1.165) is 5.46 Å². The van der Waals surface area contributed by atoms with Gasteiger partial charge in [-0.15, -0.1) is 0 Å². The number of hydrogen-bond acceptors (Lipinski definition) is 6. The molecular weight excluding hydrogens is 299 g/mol. The molecule has 1 aliphatic heterocycles. The van der Waals surface area contributed by atoms with Crippen LogP contribution in [0.1, 0.15) is 27.7 Å². The van der Waals surface area contributed by atoms with E-state index in [2.05, 4.69) is 4.74 Å². The lowest BCUT2D eigenvalue weighted by molar-refractivity contribution is -0.142. The van der Waals surface area contributed by atoms with Crippen LogP contribution >= 0.6 is 0 Å². The summed E-state index contributed by atoms with van der Waals surface area (Å²) in [5, 5.41) is 0. The molecule has 1 aromatic carbocycles. The molecule has 126 valence electrons. The molecule has 1 heterocycles. The van der Waals surface area contributed by atoms with Crippen molar-refractivity contribution in [3.05, 3.63) is 18.2 Å². The first kappa shape index (κ1) is 17.6. The van der Waals surface area contributed by atoms with Gasteiger partial charge < -0.3 is 23.5 Å². The third-order valence-corrected chi connectivity index (χ3v) is 4.29. The number of carbonyl (C=O) groups excluding carboxylic acids is 1. The molecule has 23 heavy (non-hydrogen) atoms. The van der Waals surface area contributed by atoms with Crippen molar-refractivity contribution < 1.29 is 28.3 Å². The second-order valence-corrected chi connectivity index (χ2v) is 6.36. The zero-order valence-electron chi connectivity index (χ0n) is 14.5. The molecule has 1 saturated heterocycles. The zero-order chi connectivity index (χ0) is 17.3. The van der Waals surface area contributed by atoms with Crippen LogP contribution in [0.4, 0.5) is 0 Å². The number of esters is 1. The molecule has 0 aliphatic carbocycles. The Morgan fingerprint density at radius 1 is 1.09 bits per heavy atom.